The number of likely N-dealkylation sites (tertiary alicyclic amines) is 1. The van der Waals surface area contributed by atoms with Gasteiger partial charge in [0.1, 0.15) is 0 Å². The summed E-state index contributed by atoms with van der Waals surface area (Å²) in [6.45, 7) is 13.0. The van der Waals surface area contributed by atoms with E-state index < -0.39 is 0 Å². The van der Waals surface area contributed by atoms with Crippen molar-refractivity contribution in [1.29, 1.82) is 0 Å². The molecule has 2 nitrogen and oxygen atoms in total. The van der Waals surface area contributed by atoms with E-state index in [1.165, 1.54) is 31.5 Å². The number of hydrogen-bond donors (Lipinski definition) is 1. The predicted octanol–water partition coefficient (Wildman–Crippen LogP) is 3.67. The second-order valence-corrected chi connectivity index (χ2v) is 7.45. The van der Waals surface area contributed by atoms with Gasteiger partial charge in [-0.3, -0.25) is 0 Å². The Balaban J connectivity index is 1.99. The third kappa shape index (κ3) is 3.73. The Bertz CT molecular complexity index is 407. The molecule has 0 saturated carbocycles. The van der Waals surface area contributed by atoms with Crippen molar-refractivity contribution in [3.05, 3.63) is 29.8 Å². The highest BCUT2D eigenvalue weighted by Crippen LogP contribution is 2.32. The molecule has 0 spiro atoms. The third-order valence-electron chi connectivity index (χ3n) is 4.52. The molecule has 0 amide bonds. The van der Waals surface area contributed by atoms with E-state index >= 15 is 0 Å². The predicted molar refractivity (Wildman–Crippen MR) is 83.3 cm³/mol. The van der Waals surface area contributed by atoms with Crippen LogP contribution in [0.15, 0.2) is 24.3 Å². The molecule has 1 saturated heterocycles. The van der Waals surface area contributed by atoms with Gasteiger partial charge in [-0.2, -0.15) is 0 Å². The van der Waals surface area contributed by atoms with E-state index in [0.717, 1.165) is 12.2 Å². The van der Waals surface area contributed by atoms with Crippen LogP contribution in [0.4, 0.5) is 5.69 Å². The quantitative estimate of drug-likeness (QED) is 0.840. The van der Waals surface area contributed by atoms with Crippen LogP contribution in [0.3, 0.4) is 0 Å². The Kier molecular flexibility index (Phi) is 3.91. The Morgan fingerprint density at radius 2 is 1.63 bits per heavy atom. The molecule has 0 aliphatic carbocycles. The molecule has 1 aromatic carbocycles. The van der Waals surface area contributed by atoms with Crippen molar-refractivity contribution >= 4 is 5.69 Å². The first-order valence-electron chi connectivity index (χ1n) is 7.37. The SMILES string of the molecule is CC1(C)CCN(CC(C)(C)c2ccc(N)cc2)CC1. The number of nitrogen functional groups attached to an aromatic ring is 1. The molecular formula is C17H28N2. The lowest BCUT2D eigenvalue weighted by atomic mass is 9.80. The average molecular weight is 260 g/mol. The highest BCUT2D eigenvalue weighted by molar-refractivity contribution is 5.41. The Hall–Kier alpha value is -1.02. The summed E-state index contributed by atoms with van der Waals surface area (Å²) >= 11 is 0. The summed E-state index contributed by atoms with van der Waals surface area (Å²) in [5.74, 6) is 0. The first-order chi connectivity index (χ1) is 8.78. The lowest BCUT2D eigenvalue weighted by Crippen LogP contribution is -2.43. The molecule has 0 aromatic heterocycles. The minimum Gasteiger partial charge on any atom is -0.399 e. The van der Waals surface area contributed by atoms with Crippen LogP contribution in [0.2, 0.25) is 0 Å². The monoisotopic (exact) mass is 260 g/mol. The molecule has 1 heterocycles. The van der Waals surface area contributed by atoms with Crippen LogP contribution < -0.4 is 5.73 Å². The highest BCUT2D eigenvalue weighted by Gasteiger charge is 2.29. The number of piperidine rings is 1. The molecule has 0 atom stereocenters. The van der Waals surface area contributed by atoms with Crippen LogP contribution in [0.1, 0.15) is 46.1 Å². The normalized spacial score (nSPS) is 20.4. The van der Waals surface area contributed by atoms with Crippen LogP contribution in [0.25, 0.3) is 0 Å². The van der Waals surface area contributed by atoms with Crippen LogP contribution >= 0.6 is 0 Å². The summed E-state index contributed by atoms with van der Waals surface area (Å²) < 4.78 is 0. The van der Waals surface area contributed by atoms with Crippen molar-refractivity contribution in [3.63, 3.8) is 0 Å². The van der Waals surface area contributed by atoms with E-state index in [1.807, 2.05) is 12.1 Å². The standard InChI is InChI=1S/C17H28N2/c1-16(2)9-11-19(12-10-16)13-17(3,4)14-5-7-15(18)8-6-14/h5-8H,9-13,18H2,1-4H3. The van der Waals surface area contributed by atoms with Gasteiger partial charge in [-0.25, -0.2) is 0 Å². The van der Waals surface area contributed by atoms with E-state index in [2.05, 4.69) is 44.7 Å². The van der Waals surface area contributed by atoms with Gasteiger partial charge >= 0.3 is 0 Å². The first-order valence-corrected chi connectivity index (χ1v) is 7.37. The summed E-state index contributed by atoms with van der Waals surface area (Å²) in [7, 11) is 0. The summed E-state index contributed by atoms with van der Waals surface area (Å²) in [5.41, 5.74) is 8.72. The zero-order valence-corrected chi connectivity index (χ0v) is 12.9. The summed E-state index contributed by atoms with van der Waals surface area (Å²) in [5, 5.41) is 0. The van der Waals surface area contributed by atoms with Gasteiger partial charge in [-0.1, -0.05) is 39.8 Å². The molecule has 2 heteroatoms. The van der Waals surface area contributed by atoms with Gasteiger partial charge in [-0.15, -0.1) is 0 Å². The fourth-order valence-corrected chi connectivity index (χ4v) is 2.90. The average Bonchev–Trinajstić information content (AvgIpc) is 2.32. The lowest BCUT2D eigenvalue weighted by molar-refractivity contribution is 0.114. The highest BCUT2D eigenvalue weighted by atomic mass is 15.1. The zero-order chi connectivity index (χ0) is 14.1. The van der Waals surface area contributed by atoms with Crippen LogP contribution in [-0.2, 0) is 5.41 Å². The largest absolute Gasteiger partial charge is 0.399 e. The van der Waals surface area contributed by atoms with Crippen LogP contribution in [0.5, 0.6) is 0 Å². The Labute approximate surface area is 118 Å². The van der Waals surface area contributed by atoms with Crippen molar-refractivity contribution in [1.82, 2.24) is 4.90 Å². The van der Waals surface area contributed by atoms with Gasteiger partial charge in [0.25, 0.3) is 0 Å². The van der Waals surface area contributed by atoms with E-state index in [9.17, 15) is 0 Å². The van der Waals surface area contributed by atoms with Crippen molar-refractivity contribution in [3.8, 4) is 0 Å². The smallest absolute Gasteiger partial charge is 0.0314 e. The molecule has 0 radical (unpaired) electrons. The minimum absolute atomic E-state index is 0.190. The summed E-state index contributed by atoms with van der Waals surface area (Å²) in [4.78, 5) is 2.61. The molecule has 1 aromatic rings. The molecule has 1 aliphatic rings. The summed E-state index contributed by atoms with van der Waals surface area (Å²) in [6, 6.07) is 8.36. The number of benzene rings is 1. The molecule has 2 rings (SSSR count). The zero-order valence-electron chi connectivity index (χ0n) is 12.9. The van der Waals surface area contributed by atoms with Crippen molar-refractivity contribution in [2.75, 3.05) is 25.4 Å². The second-order valence-electron chi connectivity index (χ2n) is 7.45. The van der Waals surface area contributed by atoms with Crippen LogP contribution in [-0.4, -0.2) is 24.5 Å². The van der Waals surface area contributed by atoms with Gasteiger partial charge in [-0.05, 0) is 49.0 Å². The maximum absolute atomic E-state index is 5.77. The van der Waals surface area contributed by atoms with Gasteiger partial charge in [0.2, 0.25) is 0 Å². The maximum atomic E-state index is 5.77. The third-order valence-corrected chi connectivity index (χ3v) is 4.52. The van der Waals surface area contributed by atoms with E-state index in [1.54, 1.807) is 0 Å². The number of hydrogen-bond acceptors (Lipinski definition) is 2. The topological polar surface area (TPSA) is 29.3 Å². The number of nitrogens with two attached hydrogens (primary N) is 1. The molecular weight excluding hydrogens is 232 g/mol. The first kappa shape index (κ1) is 14.4. The fraction of sp³-hybridized carbons (Fsp3) is 0.647. The van der Waals surface area contributed by atoms with Crippen molar-refractivity contribution in [2.24, 2.45) is 5.41 Å². The molecule has 19 heavy (non-hydrogen) atoms. The number of rotatable bonds is 3. The number of anilines is 1. The van der Waals surface area contributed by atoms with E-state index in [0.29, 0.717) is 5.41 Å². The molecule has 1 aliphatic heterocycles. The van der Waals surface area contributed by atoms with E-state index in [4.69, 9.17) is 5.73 Å². The van der Waals surface area contributed by atoms with Gasteiger partial charge < -0.3 is 10.6 Å². The van der Waals surface area contributed by atoms with Gasteiger partial charge in [0, 0.05) is 17.6 Å². The van der Waals surface area contributed by atoms with E-state index in [-0.39, 0.29) is 5.41 Å². The Morgan fingerprint density at radius 3 is 2.16 bits per heavy atom. The molecule has 1 fully saturated rings. The van der Waals surface area contributed by atoms with Gasteiger partial charge in [0.15, 0.2) is 0 Å². The molecule has 0 unspecified atom stereocenters. The maximum Gasteiger partial charge on any atom is 0.0314 e. The molecule has 0 bridgehead atoms. The van der Waals surface area contributed by atoms with Crippen molar-refractivity contribution < 1.29 is 0 Å². The lowest BCUT2D eigenvalue weighted by Gasteiger charge is -2.40. The van der Waals surface area contributed by atoms with Crippen molar-refractivity contribution in [2.45, 2.75) is 46.0 Å². The summed E-state index contributed by atoms with van der Waals surface area (Å²) in [6.07, 6.45) is 2.62. The second kappa shape index (κ2) is 5.16. The molecule has 2 N–H and O–H groups in total. The van der Waals surface area contributed by atoms with Crippen LogP contribution in [0, 0.1) is 5.41 Å². The molecule has 106 valence electrons. The fourth-order valence-electron chi connectivity index (χ4n) is 2.90. The Morgan fingerprint density at radius 1 is 1.11 bits per heavy atom. The van der Waals surface area contributed by atoms with Gasteiger partial charge in [0.05, 0.1) is 0 Å². The number of nitrogens with zero attached hydrogens (tertiary/aromatic N) is 1. The minimum atomic E-state index is 0.190.